The highest BCUT2D eigenvalue weighted by Gasteiger charge is 2.23. The molecule has 138 valence electrons. The number of hydrogen-bond acceptors (Lipinski definition) is 6. The van der Waals surface area contributed by atoms with E-state index in [0.29, 0.717) is 22.0 Å². The zero-order valence-electron chi connectivity index (χ0n) is 14.9. The van der Waals surface area contributed by atoms with Gasteiger partial charge >= 0.3 is 5.97 Å². The summed E-state index contributed by atoms with van der Waals surface area (Å²) in [4.78, 5) is 12.0. The van der Waals surface area contributed by atoms with Gasteiger partial charge in [0.25, 0.3) is 0 Å². The summed E-state index contributed by atoms with van der Waals surface area (Å²) >= 11 is 6.10. The fraction of sp³-hybridized carbons (Fsp3) is 0.316. The van der Waals surface area contributed by atoms with E-state index in [2.05, 4.69) is 5.11 Å². The van der Waals surface area contributed by atoms with E-state index in [-0.39, 0.29) is 24.9 Å². The van der Waals surface area contributed by atoms with Gasteiger partial charge < -0.3 is 14.6 Å². The molecule has 0 spiro atoms. The fourth-order valence-electron chi connectivity index (χ4n) is 2.88. The first-order valence-electron chi connectivity index (χ1n) is 7.97. The van der Waals surface area contributed by atoms with Crippen molar-refractivity contribution in [3.8, 4) is 5.75 Å². The first-order valence-corrected chi connectivity index (χ1v) is 8.34. The van der Waals surface area contributed by atoms with Gasteiger partial charge in [-0.1, -0.05) is 23.7 Å². The largest absolute Gasteiger partial charge is 0.497 e. The molecule has 0 radical (unpaired) electrons. The van der Waals surface area contributed by atoms with Gasteiger partial charge in [0.05, 0.1) is 32.9 Å². The molecule has 26 heavy (non-hydrogen) atoms. The van der Waals surface area contributed by atoms with E-state index in [4.69, 9.17) is 26.6 Å². The fourth-order valence-corrected chi connectivity index (χ4v) is 3.06. The van der Waals surface area contributed by atoms with Gasteiger partial charge in [0.15, 0.2) is 0 Å². The van der Waals surface area contributed by atoms with Crippen LogP contribution in [0.25, 0.3) is 0 Å². The van der Waals surface area contributed by atoms with Crippen LogP contribution in [0.5, 0.6) is 5.75 Å². The maximum Gasteiger partial charge on any atom is 0.306 e. The van der Waals surface area contributed by atoms with Crippen molar-refractivity contribution < 1.29 is 19.4 Å². The van der Waals surface area contributed by atoms with E-state index in [1.165, 1.54) is 14.2 Å². The number of carbonyl (C=O) groups is 1. The number of methoxy groups -OCH3 is 2. The van der Waals surface area contributed by atoms with Crippen LogP contribution in [0.1, 0.15) is 34.6 Å². The van der Waals surface area contributed by atoms with Gasteiger partial charge in [0.2, 0.25) is 0 Å². The summed E-state index contributed by atoms with van der Waals surface area (Å²) in [5.41, 5.74) is 10.8. The predicted molar refractivity (Wildman–Crippen MR) is 98.4 cm³/mol. The topological polar surface area (TPSA) is 92.0 Å². The Balaban J connectivity index is 2.66. The average Bonchev–Trinajstić information content (AvgIpc) is 2.66. The van der Waals surface area contributed by atoms with Crippen molar-refractivity contribution >= 4 is 23.3 Å². The van der Waals surface area contributed by atoms with Crippen LogP contribution < -0.4 is 4.74 Å². The van der Waals surface area contributed by atoms with Crippen LogP contribution in [0.3, 0.4) is 0 Å². The molecule has 0 aromatic heterocycles. The predicted octanol–water partition coefficient (Wildman–Crippen LogP) is 4.51. The molecule has 0 saturated heterocycles. The molecule has 6 nitrogen and oxygen atoms in total. The number of halogens is 1. The minimum absolute atomic E-state index is 0.0917. The van der Waals surface area contributed by atoms with E-state index in [0.717, 1.165) is 16.7 Å². The third kappa shape index (κ3) is 4.20. The summed E-state index contributed by atoms with van der Waals surface area (Å²) in [6.45, 7) is 1.64. The van der Waals surface area contributed by atoms with E-state index >= 15 is 0 Å². The number of nitrogens with one attached hydrogen (secondary N) is 1. The van der Waals surface area contributed by atoms with Crippen LogP contribution in [-0.4, -0.2) is 25.3 Å². The minimum Gasteiger partial charge on any atom is -0.497 e. The normalized spacial score (nSPS) is 11.7. The molecule has 2 rings (SSSR count). The summed E-state index contributed by atoms with van der Waals surface area (Å²) in [7, 11) is 2.87. The van der Waals surface area contributed by atoms with Crippen LogP contribution in [0.2, 0.25) is 5.02 Å². The van der Waals surface area contributed by atoms with Crippen molar-refractivity contribution in [3.05, 3.63) is 57.6 Å². The third-order valence-electron chi connectivity index (χ3n) is 4.37. The minimum atomic E-state index is -0.373. The summed E-state index contributed by atoms with van der Waals surface area (Å²) in [5, 5.41) is 13.5. The monoisotopic (exact) mass is 376 g/mol. The Kier molecular flexibility index (Phi) is 6.71. The number of benzene rings is 2. The number of carbonyl (C=O) groups excluding carboxylic acids is 1. The first-order chi connectivity index (χ1) is 12.4. The zero-order valence-corrected chi connectivity index (χ0v) is 15.6. The second-order valence-electron chi connectivity index (χ2n) is 5.81. The van der Waals surface area contributed by atoms with Crippen LogP contribution in [0, 0.1) is 12.5 Å². The zero-order chi connectivity index (χ0) is 19.3. The van der Waals surface area contributed by atoms with E-state index in [1.54, 1.807) is 18.2 Å². The Hall–Kier alpha value is -2.44. The Labute approximate surface area is 157 Å². The molecular weight excluding hydrogens is 356 g/mol. The number of aliphatic hydroxyl groups is 1. The molecular formula is C19H21ClN2O4. The number of ether oxygens (including phenoxy) is 2. The van der Waals surface area contributed by atoms with E-state index in [9.17, 15) is 9.90 Å². The number of esters is 1. The standard InChI is InChI=1S/C19H21ClN2O4/c1-11-15(7-14(25-2)8-18(11)22-21)16(9-19(24)26-3)12-4-5-17(20)13(6-12)10-23/h4-8,16,21,23H,9-10H2,1-3H3. The van der Waals surface area contributed by atoms with E-state index < -0.39 is 0 Å². The molecule has 1 unspecified atom stereocenters. The second-order valence-corrected chi connectivity index (χ2v) is 6.22. The average molecular weight is 377 g/mol. The second kappa shape index (κ2) is 8.78. The van der Waals surface area contributed by atoms with Crippen LogP contribution in [-0.2, 0) is 16.1 Å². The lowest BCUT2D eigenvalue weighted by molar-refractivity contribution is -0.140. The summed E-state index contributed by atoms with van der Waals surface area (Å²) in [6.07, 6.45) is 0.0917. The molecule has 1 atom stereocenters. The molecule has 0 amide bonds. The van der Waals surface area contributed by atoms with Crippen molar-refractivity contribution in [1.82, 2.24) is 0 Å². The molecule has 0 fully saturated rings. The Morgan fingerprint density at radius 2 is 2.04 bits per heavy atom. The first kappa shape index (κ1) is 19.9. The van der Waals surface area contributed by atoms with Gasteiger partial charge in [-0.3, -0.25) is 4.79 Å². The van der Waals surface area contributed by atoms with Gasteiger partial charge in [0.1, 0.15) is 5.75 Å². The van der Waals surface area contributed by atoms with Crippen LogP contribution >= 0.6 is 11.6 Å². The van der Waals surface area contributed by atoms with Crippen molar-refractivity contribution in [2.24, 2.45) is 5.11 Å². The molecule has 0 bridgehead atoms. The molecule has 0 saturated carbocycles. The molecule has 0 heterocycles. The lowest BCUT2D eigenvalue weighted by atomic mass is 9.84. The van der Waals surface area contributed by atoms with Crippen molar-refractivity contribution in [2.45, 2.75) is 25.9 Å². The van der Waals surface area contributed by atoms with E-state index in [1.807, 2.05) is 19.1 Å². The van der Waals surface area contributed by atoms with Gasteiger partial charge in [0, 0.05) is 17.0 Å². The maximum absolute atomic E-state index is 12.0. The Morgan fingerprint density at radius 1 is 1.31 bits per heavy atom. The maximum atomic E-state index is 12.0. The molecule has 7 heteroatoms. The van der Waals surface area contributed by atoms with Crippen LogP contribution in [0.4, 0.5) is 5.69 Å². The lowest BCUT2D eigenvalue weighted by Gasteiger charge is -2.21. The molecule has 2 aromatic rings. The van der Waals surface area contributed by atoms with Crippen LogP contribution in [0.15, 0.2) is 35.4 Å². The summed E-state index contributed by atoms with van der Waals surface area (Å²) in [6, 6.07) is 8.77. The number of nitrogens with zero attached hydrogens (tertiary/aromatic N) is 1. The smallest absolute Gasteiger partial charge is 0.306 e. The molecule has 0 aliphatic carbocycles. The molecule has 2 N–H and O–H groups in total. The van der Waals surface area contributed by atoms with Gasteiger partial charge in [-0.15, -0.1) is 0 Å². The van der Waals surface area contributed by atoms with Gasteiger partial charge in [-0.05, 0) is 41.3 Å². The lowest BCUT2D eigenvalue weighted by Crippen LogP contribution is -2.12. The molecule has 2 aromatic carbocycles. The number of hydrogen-bond donors (Lipinski definition) is 2. The van der Waals surface area contributed by atoms with Gasteiger partial charge in [-0.25, -0.2) is 5.53 Å². The van der Waals surface area contributed by atoms with Crippen molar-refractivity contribution in [2.75, 3.05) is 14.2 Å². The third-order valence-corrected chi connectivity index (χ3v) is 4.74. The van der Waals surface area contributed by atoms with Gasteiger partial charge in [-0.2, -0.15) is 5.11 Å². The van der Waals surface area contributed by atoms with Crippen molar-refractivity contribution in [1.29, 1.82) is 5.53 Å². The summed E-state index contributed by atoms with van der Waals surface area (Å²) < 4.78 is 10.2. The van der Waals surface area contributed by atoms with Crippen molar-refractivity contribution in [3.63, 3.8) is 0 Å². The number of rotatable bonds is 7. The molecule has 0 aliphatic heterocycles. The highest BCUT2D eigenvalue weighted by Crippen LogP contribution is 2.38. The number of aliphatic hydroxyl groups excluding tert-OH is 1. The SMILES string of the molecule is COC(=O)CC(c1ccc(Cl)c(CO)c1)c1cc(OC)cc(N=N)c1C. The summed E-state index contributed by atoms with van der Waals surface area (Å²) in [5.74, 6) is -0.189. The molecule has 0 aliphatic rings. The quantitative estimate of drug-likeness (QED) is 0.549. The highest BCUT2D eigenvalue weighted by molar-refractivity contribution is 6.31. The highest BCUT2D eigenvalue weighted by atomic mass is 35.5. The Bertz CT molecular complexity index is 823. The Morgan fingerprint density at radius 3 is 2.62 bits per heavy atom.